The van der Waals surface area contributed by atoms with E-state index in [9.17, 15) is 4.79 Å². The molecular formula is C11H14N2O3. The summed E-state index contributed by atoms with van der Waals surface area (Å²) in [6.07, 6.45) is 2.75. The van der Waals surface area contributed by atoms with E-state index in [4.69, 9.17) is 10.3 Å². The van der Waals surface area contributed by atoms with Gasteiger partial charge in [0.1, 0.15) is 6.34 Å². The number of carboxylic acids is 1. The maximum Gasteiger partial charge on any atom is 0.303 e. The van der Waals surface area contributed by atoms with Crippen LogP contribution in [0.2, 0.25) is 0 Å². The first kappa shape index (κ1) is 12.2. The van der Waals surface area contributed by atoms with E-state index >= 15 is 0 Å². The number of nitrogens with zero attached hydrogens (tertiary/aromatic N) is 1. The van der Waals surface area contributed by atoms with Crippen LogP contribution in [0.25, 0.3) is 0 Å². The molecule has 1 aromatic rings. The molecule has 0 saturated carbocycles. The molecule has 0 amide bonds. The third kappa shape index (κ3) is 4.56. The molecule has 0 aliphatic heterocycles. The molecule has 0 bridgehead atoms. The van der Waals surface area contributed by atoms with Gasteiger partial charge in [0.2, 0.25) is 0 Å². The van der Waals surface area contributed by atoms with Gasteiger partial charge < -0.3 is 5.11 Å². The van der Waals surface area contributed by atoms with E-state index in [2.05, 4.69) is 4.99 Å². The monoisotopic (exact) mass is 222 g/mol. The number of aryl methyl sites for hydroxylation is 1. The highest BCUT2D eigenvalue weighted by molar-refractivity contribution is 5.66. The summed E-state index contributed by atoms with van der Waals surface area (Å²) < 4.78 is 0. The maximum absolute atomic E-state index is 10.3. The molecule has 0 radical (unpaired) electrons. The van der Waals surface area contributed by atoms with Gasteiger partial charge in [0.05, 0.1) is 5.69 Å². The second-order valence-corrected chi connectivity index (χ2v) is 3.30. The van der Waals surface area contributed by atoms with E-state index < -0.39 is 5.97 Å². The molecule has 0 aromatic heterocycles. The minimum Gasteiger partial charge on any atom is -0.481 e. The van der Waals surface area contributed by atoms with Gasteiger partial charge in [-0.25, -0.2) is 4.99 Å². The van der Waals surface area contributed by atoms with Crippen LogP contribution in [0.15, 0.2) is 29.3 Å². The van der Waals surface area contributed by atoms with E-state index in [-0.39, 0.29) is 6.42 Å². The van der Waals surface area contributed by atoms with Crippen LogP contribution in [0.4, 0.5) is 5.69 Å². The molecule has 3 N–H and O–H groups in total. The first-order chi connectivity index (χ1) is 7.72. The van der Waals surface area contributed by atoms with Crippen LogP contribution < -0.4 is 5.48 Å². The van der Waals surface area contributed by atoms with Crippen LogP contribution >= 0.6 is 0 Å². The lowest BCUT2D eigenvalue weighted by Crippen LogP contribution is -2.00. The highest BCUT2D eigenvalue weighted by Gasteiger charge is 1.98. The average molecular weight is 222 g/mol. The van der Waals surface area contributed by atoms with Crippen LogP contribution in [0.5, 0.6) is 0 Å². The number of aliphatic carboxylic acids is 1. The van der Waals surface area contributed by atoms with Crippen molar-refractivity contribution in [3.63, 3.8) is 0 Å². The molecule has 5 heteroatoms. The largest absolute Gasteiger partial charge is 0.481 e. The van der Waals surface area contributed by atoms with E-state index in [0.717, 1.165) is 17.7 Å². The molecule has 0 aliphatic carbocycles. The van der Waals surface area contributed by atoms with E-state index in [0.29, 0.717) is 6.42 Å². The number of hydrogen-bond acceptors (Lipinski definition) is 3. The van der Waals surface area contributed by atoms with Crippen molar-refractivity contribution in [1.29, 1.82) is 0 Å². The number of rotatable bonds is 6. The average Bonchev–Trinajstić information content (AvgIpc) is 2.27. The number of carbonyl (C=O) groups is 1. The lowest BCUT2D eigenvalue weighted by molar-refractivity contribution is -0.137. The molecule has 1 aromatic carbocycles. The van der Waals surface area contributed by atoms with E-state index in [1.807, 2.05) is 29.7 Å². The Balaban J connectivity index is 2.45. The van der Waals surface area contributed by atoms with Gasteiger partial charge in [0.15, 0.2) is 0 Å². The standard InChI is InChI=1S/C11H14N2O3/c14-11(15)3-1-2-9-4-6-10(7-5-9)12-8-13-16/h4-8,16H,1-3H2,(H,12,13)(H,14,15). The predicted molar refractivity (Wildman–Crippen MR) is 60.1 cm³/mol. The van der Waals surface area contributed by atoms with Crippen molar-refractivity contribution in [2.45, 2.75) is 19.3 Å². The number of aliphatic imine (C=N–C) groups is 1. The summed E-state index contributed by atoms with van der Waals surface area (Å²) in [5, 5.41) is 16.8. The first-order valence-corrected chi connectivity index (χ1v) is 4.95. The second kappa shape index (κ2) is 6.58. The first-order valence-electron chi connectivity index (χ1n) is 4.95. The van der Waals surface area contributed by atoms with Gasteiger partial charge in [-0.3, -0.25) is 15.5 Å². The van der Waals surface area contributed by atoms with Gasteiger partial charge in [-0.05, 0) is 30.5 Å². The molecule has 0 saturated heterocycles. The van der Waals surface area contributed by atoms with Gasteiger partial charge in [-0.15, -0.1) is 0 Å². The number of nitrogens with one attached hydrogen (secondary N) is 1. The van der Waals surface area contributed by atoms with E-state index in [1.165, 1.54) is 6.34 Å². The Morgan fingerprint density at radius 2 is 2.06 bits per heavy atom. The third-order valence-corrected chi connectivity index (χ3v) is 2.06. The molecule has 86 valence electrons. The van der Waals surface area contributed by atoms with Crippen molar-refractivity contribution in [3.8, 4) is 0 Å². The molecule has 5 nitrogen and oxygen atoms in total. The molecule has 1 rings (SSSR count). The van der Waals surface area contributed by atoms with Crippen molar-refractivity contribution in [3.05, 3.63) is 29.8 Å². The highest BCUT2D eigenvalue weighted by atomic mass is 16.5. The third-order valence-electron chi connectivity index (χ3n) is 2.06. The quantitative estimate of drug-likeness (QED) is 0.389. The van der Waals surface area contributed by atoms with Crippen LogP contribution in [-0.4, -0.2) is 22.6 Å². The van der Waals surface area contributed by atoms with Gasteiger partial charge >= 0.3 is 5.97 Å². The SMILES string of the molecule is O=C(O)CCCc1ccc(N=CNO)cc1. The molecular weight excluding hydrogens is 208 g/mol. The van der Waals surface area contributed by atoms with Gasteiger partial charge in [0.25, 0.3) is 0 Å². The molecule has 0 unspecified atom stereocenters. The van der Waals surface area contributed by atoms with Crippen molar-refractivity contribution in [1.82, 2.24) is 5.48 Å². The molecule has 0 spiro atoms. The Kier molecular flexibility index (Phi) is 5.01. The minimum atomic E-state index is -0.768. The fraction of sp³-hybridized carbons (Fsp3) is 0.273. The smallest absolute Gasteiger partial charge is 0.303 e. The summed E-state index contributed by atoms with van der Waals surface area (Å²) in [5.41, 5.74) is 3.63. The Bertz CT molecular complexity index is 360. The molecule has 16 heavy (non-hydrogen) atoms. The maximum atomic E-state index is 10.3. The van der Waals surface area contributed by atoms with Crippen molar-refractivity contribution in [2.24, 2.45) is 4.99 Å². The van der Waals surface area contributed by atoms with Crippen LogP contribution in [-0.2, 0) is 11.2 Å². The van der Waals surface area contributed by atoms with Crippen molar-refractivity contribution in [2.75, 3.05) is 0 Å². The Morgan fingerprint density at radius 1 is 1.38 bits per heavy atom. The summed E-state index contributed by atoms with van der Waals surface area (Å²) in [7, 11) is 0. The van der Waals surface area contributed by atoms with Crippen LogP contribution in [0.1, 0.15) is 18.4 Å². The second-order valence-electron chi connectivity index (χ2n) is 3.30. The Labute approximate surface area is 93.4 Å². The molecule has 0 atom stereocenters. The van der Waals surface area contributed by atoms with Gasteiger partial charge in [0, 0.05) is 6.42 Å². The number of benzene rings is 1. The topological polar surface area (TPSA) is 81.9 Å². The molecule has 0 aliphatic rings. The zero-order chi connectivity index (χ0) is 11.8. The summed E-state index contributed by atoms with van der Waals surface area (Å²) in [5.74, 6) is -0.768. The summed E-state index contributed by atoms with van der Waals surface area (Å²) in [6, 6.07) is 7.41. The fourth-order valence-electron chi connectivity index (χ4n) is 1.30. The van der Waals surface area contributed by atoms with Crippen LogP contribution in [0, 0.1) is 0 Å². The normalized spacial score (nSPS) is 10.6. The molecule has 0 fully saturated rings. The van der Waals surface area contributed by atoms with Gasteiger partial charge in [-0.1, -0.05) is 12.1 Å². The lowest BCUT2D eigenvalue weighted by atomic mass is 10.1. The van der Waals surface area contributed by atoms with Crippen molar-refractivity contribution < 1.29 is 15.1 Å². The number of carboxylic acid groups (broad SMARTS) is 1. The summed E-state index contributed by atoms with van der Waals surface area (Å²) in [4.78, 5) is 14.2. The summed E-state index contributed by atoms with van der Waals surface area (Å²) in [6.45, 7) is 0. The molecule has 0 heterocycles. The Hall–Kier alpha value is -1.88. The fourth-order valence-corrected chi connectivity index (χ4v) is 1.30. The highest BCUT2D eigenvalue weighted by Crippen LogP contribution is 2.13. The summed E-state index contributed by atoms with van der Waals surface area (Å²) >= 11 is 0. The van der Waals surface area contributed by atoms with E-state index in [1.54, 1.807) is 0 Å². The number of hydroxylamine groups is 1. The zero-order valence-electron chi connectivity index (χ0n) is 8.76. The van der Waals surface area contributed by atoms with Gasteiger partial charge in [-0.2, -0.15) is 0 Å². The lowest BCUT2D eigenvalue weighted by Gasteiger charge is -2.00. The number of hydrogen-bond donors (Lipinski definition) is 3. The van der Waals surface area contributed by atoms with Crippen LogP contribution in [0.3, 0.4) is 0 Å². The zero-order valence-corrected chi connectivity index (χ0v) is 8.76. The van der Waals surface area contributed by atoms with Crippen molar-refractivity contribution >= 4 is 18.0 Å². The Morgan fingerprint density at radius 3 is 2.62 bits per heavy atom. The minimum absolute atomic E-state index is 0.189. The predicted octanol–water partition coefficient (Wildman–Crippen LogP) is 1.73.